The van der Waals surface area contributed by atoms with Gasteiger partial charge in [-0.05, 0) is 59.0 Å². The highest BCUT2D eigenvalue weighted by molar-refractivity contribution is 6.04. The molecule has 3 aromatic rings. The molecule has 2 aliphatic rings. The number of aromatic amines is 1. The van der Waals surface area contributed by atoms with E-state index in [1.807, 2.05) is 38.1 Å². The van der Waals surface area contributed by atoms with Crippen LogP contribution in [0.1, 0.15) is 46.9 Å². The van der Waals surface area contributed by atoms with Crippen LogP contribution in [0.25, 0.3) is 0 Å². The van der Waals surface area contributed by atoms with E-state index in [4.69, 9.17) is 14.4 Å². The summed E-state index contributed by atoms with van der Waals surface area (Å²) in [5.41, 5.74) is 3.77. The summed E-state index contributed by atoms with van der Waals surface area (Å²) in [6.45, 7) is 11.7. The van der Waals surface area contributed by atoms with Crippen molar-refractivity contribution in [3.63, 3.8) is 0 Å². The Labute approximate surface area is 245 Å². The lowest BCUT2D eigenvalue weighted by Crippen LogP contribution is -2.44. The van der Waals surface area contributed by atoms with Crippen molar-refractivity contribution in [2.24, 2.45) is 0 Å². The molecule has 0 atom stereocenters. The van der Waals surface area contributed by atoms with Crippen LogP contribution in [0.4, 0.5) is 35.2 Å². The highest BCUT2D eigenvalue weighted by Crippen LogP contribution is 2.41. The molecular formula is C27H33F3N8O5. The molecule has 1 fully saturated rings. The minimum Gasteiger partial charge on any atom is -0.475 e. The van der Waals surface area contributed by atoms with Crippen LogP contribution in [-0.4, -0.2) is 87.6 Å². The Hall–Kier alpha value is -4.60. The van der Waals surface area contributed by atoms with Gasteiger partial charge in [-0.2, -0.15) is 18.3 Å². The number of nitrogens with zero attached hydrogens (tertiary/aromatic N) is 5. The number of carbonyl (C=O) groups excluding carboxylic acids is 2. The van der Waals surface area contributed by atoms with Gasteiger partial charge in [-0.1, -0.05) is 5.16 Å². The summed E-state index contributed by atoms with van der Waals surface area (Å²) in [6, 6.07) is 7.36. The van der Waals surface area contributed by atoms with E-state index < -0.39 is 17.7 Å². The van der Waals surface area contributed by atoms with Crippen molar-refractivity contribution in [3.05, 3.63) is 52.5 Å². The van der Waals surface area contributed by atoms with E-state index in [2.05, 4.69) is 42.8 Å². The number of urea groups is 1. The zero-order valence-electron chi connectivity index (χ0n) is 24.3. The molecule has 1 saturated heterocycles. The van der Waals surface area contributed by atoms with Crippen LogP contribution in [0, 0.1) is 13.8 Å². The molecule has 0 saturated carbocycles. The third-order valence-corrected chi connectivity index (χ3v) is 7.45. The predicted octanol–water partition coefficient (Wildman–Crippen LogP) is 3.93. The third-order valence-electron chi connectivity index (χ3n) is 7.45. The Morgan fingerprint density at radius 2 is 1.65 bits per heavy atom. The fraction of sp³-hybridized carbons (Fsp3) is 0.444. The molecule has 2 aliphatic heterocycles. The Morgan fingerprint density at radius 3 is 2.19 bits per heavy atom. The minimum absolute atomic E-state index is 0.245. The molecular weight excluding hydrogens is 573 g/mol. The van der Waals surface area contributed by atoms with Gasteiger partial charge in [0.15, 0.2) is 11.6 Å². The van der Waals surface area contributed by atoms with Crippen LogP contribution in [0.2, 0.25) is 0 Å². The highest BCUT2D eigenvalue weighted by Gasteiger charge is 2.44. The number of carboxylic acids is 1. The maximum absolute atomic E-state index is 13.2. The van der Waals surface area contributed by atoms with Gasteiger partial charge in [0.05, 0.1) is 17.8 Å². The number of fused-ring (bicyclic) bond motifs is 1. The topological polar surface area (TPSA) is 160 Å². The van der Waals surface area contributed by atoms with Crippen LogP contribution in [-0.2, 0) is 16.9 Å². The Morgan fingerprint density at radius 1 is 1.05 bits per heavy atom. The lowest BCUT2D eigenvalue weighted by Gasteiger charge is -2.34. The number of hydrogen-bond donors (Lipinski definition) is 4. The molecule has 4 heterocycles. The van der Waals surface area contributed by atoms with Crippen LogP contribution >= 0.6 is 0 Å². The molecule has 0 radical (unpaired) electrons. The van der Waals surface area contributed by atoms with E-state index >= 15 is 0 Å². The second-order valence-corrected chi connectivity index (χ2v) is 10.8. The van der Waals surface area contributed by atoms with Crippen LogP contribution in [0.3, 0.4) is 0 Å². The number of halogens is 3. The van der Waals surface area contributed by atoms with Crippen LogP contribution in [0.15, 0.2) is 28.8 Å². The molecule has 3 amide bonds. The number of carboxylic acid groups (broad SMARTS) is 1. The fourth-order valence-electron chi connectivity index (χ4n) is 4.85. The molecule has 0 unspecified atom stereocenters. The van der Waals surface area contributed by atoms with Crippen LogP contribution in [0.5, 0.6) is 0 Å². The molecule has 0 spiro atoms. The number of aliphatic carboxylic acids is 1. The highest BCUT2D eigenvalue weighted by atomic mass is 19.4. The number of likely N-dealkylation sites (N-methyl/N-ethyl adjacent to an activating group) is 1. The maximum atomic E-state index is 13.2. The zero-order chi connectivity index (χ0) is 31.7. The van der Waals surface area contributed by atoms with Crippen LogP contribution < -0.4 is 15.5 Å². The number of H-pyrrole nitrogens is 1. The van der Waals surface area contributed by atoms with Gasteiger partial charge in [0, 0.05) is 43.0 Å². The number of aryl methyl sites for hydroxylation is 2. The molecule has 4 N–H and O–H groups in total. The number of hydrogen-bond acceptors (Lipinski definition) is 8. The molecule has 0 aliphatic carbocycles. The van der Waals surface area contributed by atoms with Gasteiger partial charge >= 0.3 is 18.2 Å². The number of piperazine rings is 1. The largest absolute Gasteiger partial charge is 0.490 e. The van der Waals surface area contributed by atoms with E-state index in [-0.39, 0.29) is 11.9 Å². The summed E-state index contributed by atoms with van der Waals surface area (Å²) in [5, 5.41) is 24.2. The van der Waals surface area contributed by atoms with Gasteiger partial charge in [-0.3, -0.25) is 9.89 Å². The molecule has 16 heteroatoms. The molecule has 232 valence electrons. The van der Waals surface area contributed by atoms with E-state index in [0.717, 1.165) is 43.1 Å². The number of benzene rings is 1. The van der Waals surface area contributed by atoms with Crippen molar-refractivity contribution < 1.29 is 37.2 Å². The van der Waals surface area contributed by atoms with Crippen molar-refractivity contribution in [1.29, 1.82) is 0 Å². The van der Waals surface area contributed by atoms with Crippen molar-refractivity contribution in [3.8, 4) is 0 Å². The number of aromatic nitrogens is 3. The number of alkyl halides is 3. The van der Waals surface area contributed by atoms with Gasteiger partial charge < -0.3 is 35.0 Å². The first kappa shape index (κ1) is 31.3. The Balaban J connectivity index is 0.000000541. The first-order valence-corrected chi connectivity index (χ1v) is 13.3. The van der Waals surface area contributed by atoms with Crippen molar-refractivity contribution in [2.45, 2.75) is 46.0 Å². The molecule has 43 heavy (non-hydrogen) atoms. The molecule has 5 rings (SSSR count). The Kier molecular flexibility index (Phi) is 8.71. The van der Waals surface area contributed by atoms with Gasteiger partial charge in [-0.25, -0.2) is 9.59 Å². The predicted molar refractivity (Wildman–Crippen MR) is 150 cm³/mol. The normalized spacial score (nSPS) is 16.3. The molecule has 0 bridgehead atoms. The monoisotopic (exact) mass is 606 g/mol. The van der Waals surface area contributed by atoms with E-state index in [1.54, 1.807) is 18.7 Å². The van der Waals surface area contributed by atoms with Crippen molar-refractivity contribution >= 4 is 35.1 Å². The quantitative estimate of drug-likeness (QED) is 0.345. The third kappa shape index (κ3) is 6.74. The van der Waals surface area contributed by atoms with E-state index in [1.165, 1.54) is 0 Å². The smallest absolute Gasteiger partial charge is 0.475 e. The molecule has 2 aromatic heterocycles. The van der Waals surface area contributed by atoms with Gasteiger partial charge in [0.1, 0.15) is 11.4 Å². The van der Waals surface area contributed by atoms with Crippen molar-refractivity contribution in [1.82, 2.24) is 25.2 Å². The summed E-state index contributed by atoms with van der Waals surface area (Å²) in [4.78, 5) is 41.4. The van der Waals surface area contributed by atoms with E-state index in [0.29, 0.717) is 35.1 Å². The number of rotatable bonds is 4. The zero-order valence-corrected chi connectivity index (χ0v) is 24.3. The second kappa shape index (κ2) is 11.9. The number of anilines is 3. The molecule has 13 nitrogen and oxygen atoms in total. The SMILES string of the molecule is Cc1noc(C)c1NC(=O)N1Cc2c(NC(=O)c3ccc(N4CCN(C)CC4)cc3)n[nH]c2C1(C)C.O=C(O)C(F)(F)F. The lowest BCUT2D eigenvalue weighted by atomic mass is 10.0. The van der Waals surface area contributed by atoms with Crippen molar-refractivity contribution in [2.75, 3.05) is 48.8 Å². The van der Waals surface area contributed by atoms with Gasteiger partial charge in [0.2, 0.25) is 0 Å². The number of carbonyl (C=O) groups is 3. The number of nitrogens with one attached hydrogen (secondary N) is 3. The summed E-state index contributed by atoms with van der Waals surface area (Å²) >= 11 is 0. The van der Waals surface area contributed by atoms with Gasteiger partial charge in [0.25, 0.3) is 5.91 Å². The summed E-state index contributed by atoms with van der Waals surface area (Å²) in [7, 11) is 2.13. The standard InChI is InChI=1S/C25H32N8O3.C2HF3O2/c1-15-20(16(2)36-30-15)26-24(35)33-14-19-21(25(33,3)4)28-29-22(19)27-23(34)17-6-8-18(9-7-17)32-12-10-31(5)11-13-32;3-2(4,5)1(6)7/h6-9H,10-14H2,1-5H3,(H,26,35)(H2,27,28,29,34);(H,6,7). The first-order valence-electron chi connectivity index (χ1n) is 13.3. The molecule has 1 aromatic carbocycles. The maximum Gasteiger partial charge on any atom is 0.490 e. The average Bonchev–Trinajstić information content (AvgIpc) is 3.58. The fourth-order valence-corrected chi connectivity index (χ4v) is 4.85. The summed E-state index contributed by atoms with van der Waals surface area (Å²) in [6.07, 6.45) is -5.08. The average molecular weight is 607 g/mol. The second-order valence-electron chi connectivity index (χ2n) is 10.8. The minimum atomic E-state index is -5.08. The van der Waals surface area contributed by atoms with Gasteiger partial charge in [-0.15, -0.1) is 0 Å². The number of amides is 3. The summed E-state index contributed by atoms with van der Waals surface area (Å²) in [5.74, 6) is -2.03. The Bertz CT molecular complexity index is 1470. The first-order chi connectivity index (χ1) is 20.1. The lowest BCUT2D eigenvalue weighted by molar-refractivity contribution is -0.192. The summed E-state index contributed by atoms with van der Waals surface area (Å²) < 4.78 is 36.9. The van der Waals surface area contributed by atoms with E-state index in [9.17, 15) is 22.8 Å².